The van der Waals surface area contributed by atoms with Gasteiger partial charge in [-0.1, -0.05) is 36.4 Å². The Balaban J connectivity index is 1.92. The fourth-order valence-electron chi connectivity index (χ4n) is 1.53. The lowest BCUT2D eigenvalue weighted by Crippen LogP contribution is -1.84. The van der Waals surface area contributed by atoms with Crippen LogP contribution in [0.25, 0.3) is 0 Å². The fraction of sp³-hybridized carbons (Fsp3) is 0.125. The van der Waals surface area contributed by atoms with Gasteiger partial charge in [0, 0.05) is 0 Å². The van der Waals surface area contributed by atoms with Gasteiger partial charge in [0.1, 0.15) is 0 Å². The van der Waals surface area contributed by atoms with Crippen molar-refractivity contribution >= 4 is 43.1 Å². The lowest BCUT2D eigenvalue weighted by molar-refractivity contribution is 1.52. The van der Waals surface area contributed by atoms with Gasteiger partial charge in [-0.3, -0.25) is 0 Å². The maximum absolute atomic E-state index is 4.54. The molecule has 0 saturated heterocycles. The normalized spacial score (nSPS) is 12.5. The molecular formula is C16H16N2S2. The van der Waals surface area contributed by atoms with Crippen LogP contribution in [0, 0.1) is 0 Å². The number of nitrogens with zero attached hydrogens (tertiary/aromatic N) is 2. The van der Waals surface area contributed by atoms with Gasteiger partial charge in [0.05, 0.1) is 21.5 Å². The summed E-state index contributed by atoms with van der Waals surface area (Å²) in [6.07, 6.45) is 0. The monoisotopic (exact) mass is 300 g/mol. The average Bonchev–Trinajstić information content (AvgIpc) is 2.47. The first-order valence-electron chi connectivity index (χ1n) is 6.29. The molecule has 20 heavy (non-hydrogen) atoms. The molecule has 0 spiro atoms. The zero-order valence-corrected chi connectivity index (χ0v) is 13.1. The average molecular weight is 300 g/mol. The summed E-state index contributed by atoms with van der Waals surface area (Å²) < 4.78 is 0. The number of para-hydroxylation sites is 2. The molecule has 0 unspecified atom stereocenters. The Morgan fingerprint density at radius 2 is 1.00 bits per heavy atom. The molecular weight excluding hydrogens is 284 g/mol. The molecule has 0 aliphatic carbocycles. The van der Waals surface area contributed by atoms with E-state index in [4.69, 9.17) is 0 Å². The summed E-state index contributed by atoms with van der Waals surface area (Å²) in [4.78, 5) is 9.08. The number of benzene rings is 2. The minimum absolute atomic E-state index is 0.982. The summed E-state index contributed by atoms with van der Waals surface area (Å²) in [5.74, 6) is 0. The highest BCUT2D eigenvalue weighted by molar-refractivity contribution is 8.87. The van der Waals surface area contributed by atoms with Gasteiger partial charge in [0.2, 0.25) is 0 Å². The van der Waals surface area contributed by atoms with Gasteiger partial charge in [-0.05, 0) is 59.7 Å². The summed E-state index contributed by atoms with van der Waals surface area (Å²) in [5, 5.41) is 2.03. The molecule has 102 valence electrons. The van der Waals surface area contributed by atoms with Gasteiger partial charge >= 0.3 is 0 Å². The minimum atomic E-state index is 0.982. The van der Waals surface area contributed by atoms with E-state index < -0.39 is 0 Å². The van der Waals surface area contributed by atoms with E-state index in [1.54, 1.807) is 21.6 Å². The molecule has 0 aliphatic heterocycles. The molecule has 0 heterocycles. The van der Waals surface area contributed by atoms with Crippen LogP contribution >= 0.6 is 21.6 Å². The third kappa shape index (κ3) is 5.23. The smallest absolute Gasteiger partial charge is 0.0817 e. The van der Waals surface area contributed by atoms with Gasteiger partial charge < -0.3 is 0 Å². The van der Waals surface area contributed by atoms with Gasteiger partial charge in [0.25, 0.3) is 0 Å². The molecule has 4 heteroatoms. The first-order chi connectivity index (χ1) is 9.74. The molecule has 0 N–H and O–H groups in total. The second kappa shape index (κ2) is 7.92. The zero-order valence-electron chi connectivity index (χ0n) is 11.5. The van der Waals surface area contributed by atoms with Crippen molar-refractivity contribution < 1.29 is 0 Å². The van der Waals surface area contributed by atoms with Crippen molar-refractivity contribution in [3.8, 4) is 0 Å². The minimum Gasteiger partial charge on any atom is -0.246 e. The van der Waals surface area contributed by atoms with E-state index in [0.29, 0.717) is 0 Å². The standard InChI is InChI=1S/C16H16N2S2/c1-13(17-15-9-5-3-6-10-15)19-20-14(2)18-16-11-7-4-8-12-16/h3-12H,1-2H3. The number of hydrogen-bond donors (Lipinski definition) is 0. The summed E-state index contributed by atoms with van der Waals surface area (Å²) in [7, 11) is 3.27. The topological polar surface area (TPSA) is 24.7 Å². The van der Waals surface area contributed by atoms with E-state index >= 15 is 0 Å². The second-order valence-electron chi connectivity index (χ2n) is 4.10. The van der Waals surface area contributed by atoms with Crippen molar-refractivity contribution in [1.82, 2.24) is 0 Å². The van der Waals surface area contributed by atoms with E-state index in [1.165, 1.54) is 0 Å². The molecule has 2 aromatic carbocycles. The van der Waals surface area contributed by atoms with Crippen molar-refractivity contribution in [3.05, 3.63) is 60.7 Å². The third-order valence-corrected chi connectivity index (χ3v) is 4.81. The Hall–Kier alpha value is -1.52. The van der Waals surface area contributed by atoms with E-state index in [0.717, 1.165) is 21.5 Å². The Labute approximate surface area is 127 Å². The van der Waals surface area contributed by atoms with Crippen molar-refractivity contribution in [2.24, 2.45) is 9.98 Å². The molecule has 2 rings (SSSR count). The van der Waals surface area contributed by atoms with Crippen LogP contribution < -0.4 is 0 Å². The van der Waals surface area contributed by atoms with Crippen molar-refractivity contribution in [3.63, 3.8) is 0 Å². The Bertz CT molecular complexity index is 537. The lowest BCUT2D eigenvalue weighted by Gasteiger charge is -2.01. The van der Waals surface area contributed by atoms with E-state index in [-0.39, 0.29) is 0 Å². The maximum atomic E-state index is 4.54. The molecule has 2 aromatic rings. The first-order valence-corrected chi connectivity index (χ1v) is 8.44. The molecule has 0 amide bonds. The second-order valence-corrected chi connectivity index (χ2v) is 6.61. The van der Waals surface area contributed by atoms with Crippen LogP contribution in [0.4, 0.5) is 11.4 Å². The highest BCUT2D eigenvalue weighted by Gasteiger charge is 1.98. The van der Waals surface area contributed by atoms with Crippen LogP contribution in [0.15, 0.2) is 70.6 Å². The van der Waals surface area contributed by atoms with Crippen LogP contribution in [0.5, 0.6) is 0 Å². The highest BCUT2D eigenvalue weighted by Crippen LogP contribution is 2.28. The quantitative estimate of drug-likeness (QED) is 0.394. The first kappa shape index (κ1) is 14.9. The number of aliphatic imine (C=N–C) groups is 2. The van der Waals surface area contributed by atoms with Crippen LogP contribution in [0.2, 0.25) is 0 Å². The van der Waals surface area contributed by atoms with Crippen molar-refractivity contribution in [2.75, 3.05) is 0 Å². The van der Waals surface area contributed by atoms with Gasteiger partial charge in [-0.25, -0.2) is 9.98 Å². The van der Waals surface area contributed by atoms with Crippen molar-refractivity contribution in [1.29, 1.82) is 0 Å². The van der Waals surface area contributed by atoms with E-state index in [2.05, 4.69) is 9.98 Å². The molecule has 0 saturated carbocycles. The predicted octanol–water partition coefficient (Wildman–Crippen LogP) is 5.87. The molecule has 0 atom stereocenters. The van der Waals surface area contributed by atoms with Crippen molar-refractivity contribution in [2.45, 2.75) is 13.8 Å². The number of hydrogen-bond acceptors (Lipinski definition) is 4. The van der Waals surface area contributed by atoms with Crippen LogP contribution in [0.3, 0.4) is 0 Å². The van der Waals surface area contributed by atoms with Gasteiger partial charge in [0.15, 0.2) is 0 Å². The lowest BCUT2D eigenvalue weighted by atomic mass is 10.3. The van der Waals surface area contributed by atoms with Crippen LogP contribution in [-0.2, 0) is 0 Å². The molecule has 0 fully saturated rings. The van der Waals surface area contributed by atoms with Gasteiger partial charge in [-0.2, -0.15) is 0 Å². The SMILES string of the molecule is CC(=Nc1ccccc1)SSC(C)=Nc1ccccc1. The summed E-state index contributed by atoms with van der Waals surface area (Å²) in [6.45, 7) is 4.03. The molecule has 0 bridgehead atoms. The molecule has 2 nitrogen and oxygen atoms in total. The van der Waals surface area contributed by atoms with E-state index in [1.807, 2.05) is 74.5 Å². The molecule has 0 aromatic heterocycles. The fourth-order valence-corrected chi connectivity index (χ4v) is 3.00. The predicted molar refractivity (Wildman–Crippen MR) is 93.6 cm³/mol. The van der Waals surface area contributed by atoms with Crippen LogP contribution in [0.1, 0.15) is 13.8 Å². The van der Waals surface area contributed by atoms with E-state index in [9.17, 15) is 0 Å². The Kier molecular flexibility index (Phi) is 5.89. The summed E-state index contributed by atoms with van der Waals surface area (Å²) in [5.41, 5.74) is 1.96. The zero-order chi connectivity index (χ0) is 14.2. The summed E-state index contributed by atoms with van der Waals surface area (Å²) >= 11 is 0. The highest BCUT2D eigenvalue weighted by atomic mass is 33.1. The maximum Gasteiger partial charge on any atom is 0.0817 e. The Morgan fingerprint density at radius 3 is 1.35 bits per heavy atom. The Morgan fingerprint density at radius 1 is 0.650 bits per heavy atom. The molecule has 0 radical (unpaired) electrons. The third-order valence-electron chi connectivity index (χ3n) is 2.37. The molecule has 0 aliphatic rings. The number of rotatable bonds is 2. The summed E-state index contributed by atoms with van der Waals surface area (Å²) in [6, 6.07) is 20.0. The van der Waals surface area contributed by atoms with Gasteiger partial charge in [-0.15, -0.1) is 0 Å². The largest absolute Gasteiger partial charge is 0.246 e. The van der Waals surface area contributed by atoms with Crippen LogP contribution in [-0.4, -0.2) is 10.1 Å².